The van der Waals surface area contributed by atoms with Gasteiger partial charge in [-0.2, -0.15) is 10.2 Å². The maximum absolute atomic E-state index is 6.80. The van der Waals surface area contributed by atoms with E-state index in [9.17, 15) is 0 Å². The molecule has 154 valence electrons. The highest BCUT2D eigenvalue weighted by atomic mass is 35.5. The lowest BCUT2D eigenvalue weighted by molar-refractivity contribution is -0.0979. The molecule has 0 aliphatic carbocycles. The highest BCUT2D eigenvalue weighted by Crippen LogP contribution is 2.51. The normalized spacial score (nSPS) is 20.4. The second-order valence-electron chi connectivity index (χ2n) is 8.22. The Morgan fingerprint density at radius 3 is 2.43 bits per heavy atom. The van der Waals surface area contributed by atoms with Crippen molar-refractivity contribution in [2.75, 3.05) is 13.1 Å². The van der Waals surface area contributed by atoms with Gasteiger partial charge in [0.15, 0.2) is 0 Å². The number of nitrogens with zero attached hydrogens (tertiary/aromatic N) is 3. The standard InChI is InChI=1S/C24H23Cl2N3O/c1-16-6-7-20(28-27-16)15-29-10-8-24(9-11-29)22-5-3-2-4-21(22)23(30-24)17-12-18(25)14-19(26)13-17/h2-7,12-14,23H,8-11,15H2,1H3. The van der Waals surface area contributed by atoms with Crippen LogP contribution in [-0.4, -0.2) is 28.2 Å². The first kappa shape index (κ1) is 20.0. The van der Waals surface area contributed by atoms with Crippen LogP contribution in [0.2, 0.25) is 10.0 Å². The first-order valence-electron chi connectivity index (χ1n) is 10.3. The van der Waals surface area contributed by atoms with Crippen LogP contribution in [0.3, 0.4) is 0 Å². The van der Waals surface area contributed by atoms with Crippen molar-refractivity contribution in [3.05, 3.63) is 92.7 Å². The minimum absolute atomic E-state index is 0.146. The Morgan fingerprint density at radius 2 is 1.73 bits per heavy atom. The number of piperidine rings is 1. The molecular weight excluding hydrogens is 417 g/mol. The number of rotatable bonds is 3. The van der Waals surface area contributed by atoms with Gasteiger partial charge in [-0.25, -0.2) is 0 Å². The van der Waals surface area contributed by atoms with Gasteiger partial charge in [-0.05, 0) is 66.8 Å². The molecule has 6 heteroatoms. The Hall–Kier alpha value is -1.98. The lowest BCUT2D eigenvalue weighted by Gasteiger charge is -2.39. The molecule has 30 heavy (non-hydrogen) atoms. The lowest BCUT2D eigenvalue weighted by atomic mass is 9.83. The molecule has 0 saturated carbocycles. The Labute approximate surface area is 186 Å². The van der Waals surface area contributed by atoms with E-state index in [-0.39, 0.29) is 11.7 Å². The number of aromatic nitrogens is 2. The second-order valence-corrected chi connectivity index (χ2v) is 9.10. The number of fused-ring (bicyclic) bond motifs is 2. The van der Waals surface area contributed by atoms with Gasteiger partial charge in [0.25, 0.3) is 0 Å². The zero-order chi connectivity index (χ0) is 20.7. The molecular formula is C24H23Cl2N3O. The van der Waals surface area contributed by atoms with Crippen LogP contribution in [0.25, 0.3) is 0 Å². The summed E-state index contributed by atoms with van der Waals surface area (Å²) in [5.74, 6) is 0. The van der Waals surface area contributed by atoms with Crippen LogP contribution in [0.4, 0.5) is 0 Å². The van der Waals surface area contributed by atoms with E-state index in [0.717, 1.165) is 49.4 Å². The minimum atomic E-state index is -0.272. The van der Waals surface area contributed by atoms with E-state index < -0.39 is 0 Å². The van der Waals surface area contributed by atoms with E-state index >= 15 is 0 Å². The maximum atomic E-state index is 6.80. The highest BCUT2D eigenvalue weighted by molar-refractivity contribution is 6.34. The Morgan fingerprint density at radius 1 is 1.00 bits per heavy atom. The third-order valence-electron chi connectivity index (χ3n) is 6.17. The number of aryl methyl sites for hydroxylation is 1. The summed E-state index contributed by atoms with van der Waals surface area (Å²) < 4.78 is 6.80. The van der Waals surface area contributed by atoms with Crippen LogP contribution in [-0.2, 0) is 16.9 Å². The SMILES string of the molecule is Cc1ccc(CN2CCC3(CC2)OC(c2cc(Cl)cc(Cl)c2)c2ccccc23)nn1. The third kappa shape index (κ3) is 3.74. The van der Waals surface area contributed by atoms with Gasteiger partial charge in [0.2, 0.25) is 0 Å². The summed E-state index contributed by atoms with van der Waals surface area (Å²) in [6, 6.07) is 18.3. The van der Waals surface area contributed by atoms with Gasteiger partial charge in [-0.15, -0.1) is 0 Å². The average molecular weight is 440 g/mol. The van der Waals surface area contributed by atoms with E-state index in [2.05, 4.69) is 45.4 Å². The summed E-state index contributed by atoms with van der Waals surface area (Å²) in [4.78, 5) is 2.43. The van der Waals surface area contributed by atoms with Gasteiger partial charge >= 0.3 is 0 Å². The fourth-order valence-electron chi connectivity index (χ4n) is 4.67. The van der Waals surface area contributed by atoms with Gasteiger partial charge in [0.1, 0.15) is 6.10 Å². The quantitative estimate of drug-likeness (QED) is 0.524. The molecule has 1 spiro atoms. The van der Waals surface area contributed by atoms with Gasteiger partial charge < -0.3 is 4.74 Å². The van der Waals surface area contributed by atoms with Crippen molar-refractivity contribution in [3.8, 4) is 0 Å². The molecule has 1 unspecified atom stereocenters. The van der Waals surface area contributed by atoms with Gasteiger partial charge in [-0.3, -0.25) is 4.90 Å². The van der Waals surface area contributed by atoms with Crippen molar-refractivity contribution in [3.63, 3.8) is 0 Å². The number of ether oxygens (including phenoxy) is 1. The van der Waals surface area contributed by atoms with Gasteiger partial charge in [-0.1, -0.05) is 47.5 Å². The molecule has 5 rings (SSSR count). The summed E-state index contributed by atoms with van der Waals surface area (Å²) in [6.07, 6.45) is 1.73. The van der Waals surface area contributed by atoms with Crippen molar-refractivity contribution in [1.29, 1.82) is 0 Å². The zero-order valence-electron chi connectivity index (χ0n) is 16.8. The highest BCUT2D eigenvalue weighted by Gasteiger charge is 2.47. The summed E-state index contributed by atoms with van der Waals surface area (Å²) in [6.45, 7) is 4.68. The molecule has 1 atom stereocenters. The first-order valence-corrected chi connectivity index (χ1v) is 11.0. The number of hydrogen-bond acceptors (Lipinski definition) is 4. The van der Waals surface area contributed by atoms with E-state index in [0.29, 0.717) is 10.0 Å². The molecule has 0 N–H and O–H groups in total. The van der Waals surface area contributed by atoms with Crippen molar-refractivity contribution in [2.24, 2.45) is 0 Å². The third-order valence-corrected chi connectivity index (χ3v) is 6.60. The maximum Gasteiger partial charge on any atom is 0.109 e. The second kappa shape index (κ2) is 7.93. The predicted octanol–water partition coefficient (Wildman–Crippen LogP) is 5.70. The number of hydrogen-bond donors (Lipinski definition) is 0. The van der Waals surface area contributed by atoms with Crippen LogP contribution >= 0.6 is 23.2 Å². The molecule has 1 saturated heterocycles. The van der Waals surface area contributed by atoms with Crippen LogP contribution in [0, 0.1) is 6.92 Å². The van der Waals surface area contributed by atoms with E-state index in [1.165, 1.54) is 11.1 Å². The summed E-state index contributed by atoms with van der Waals surface area (Å²) in [5.41, 5.74) is 5.20. The Balaban J connectivity index is 1.38. The van der Waals surface area contributed by atoms with Crippen molar-refractivity contribution in [1.82, 2.24) is 15.1 Å². The largest absolute Gasteiger partial charge is 0.358 e. The monoisotopic (exact) mass is 439 g/mol. The van der Waals surface area contributed by atoms with E-state index in [1.54, 1.807) is 6.07 Å². The molecule has 0 amide bonds. The molecule has 4 nitrogen and oxygen atoms in total. The number of likely N-dealkylation sites (tertiary alicyclic amines) is 1. The topological polar surface area (TPSA) is 38.2 Å². The fraction of sp³-hybridized carbons (Fsp3) is 0.333. The molecule has 1 fully saturated rings. The fourth-order valence-corrected chi connectivity index (χ4v) is 5.21. The van der Waals surface area contributed by atoms with E-state index in [1.807, 2.05) is 25.1 Å². The molecule has 0 bridgehead atoms. The van der Waals surface area contributed by atoms with Crippen LogP contribution in [0.5, 0.6) is 0 Å². The summed E-state index contributed by atoms with van der Waals surface area (Å²) >= 11 is 12.6. The van der Waals surface area contributed by atoms with Crippen LogP contribution < -0.4 is 0 Å². The average Bonchev–Trinajstić information content (AvgIpc) is 3.05. The van der Waals surface area contributed by atoms with Crippen molar-refractivity contribution < 1.29 is 4.74 Å². The smallest absolute Gasteiger partial charge is 0.109 e. The van der Waals surface area contributed by atoms with E-state index in [4.69, 9.17) is 27.9 Å². The lowest BCUT2D eigenvalue weighted by Crippen LogP contribution is -2.42. The molecule has 2 aliphatic heterocycles. The van der Waals surface area contributed by atoms with Gasteiger partial charge in [0, 0.05) is 29.7 Å². The predicted molar refractivity (Wildman–Crippen MR) is 119 cm³/mol. The molecule has 3 aromatic rings. The van der Waals surface area contributed by atoms with Crippen molar-refractivity contribution >= 4 is 23.2 Å². The van der Waals surface area contributed by atoms with Crippen LogP contribution in [0.15, 0.2) is 54.6 Å². The number of benzene rings is 2. The van der Waals surface area contributed by atoms with Crippen molar-refractivity contribution in [2.45, 2.75) is 38.0 Å². The molecule has 2 aromatic carbocycles. The Bertz CT molecular complexity index is 1040. The minimum Gasteiger partial charge on any atom is -0.358 e. The Kier molecular flexibility index (Phi) is 5.28. The summed E-state index contributed by atoms with van der Waals surface area (Å²) in [5, 5.41) is 9.76. The molecule has 0 radical (unpaired) electrons. The van der Waals surface area contributed by atoms with Gasteiger partial charge in [0.05, 0.1) is 17.0 Å². The molecule has 1 aromatic heterocycles. The zero-order valence-corrected chi connectivity index (χ0v) is 18.3. The number of halogens is 2. The molecule has 3 heterocycles. The van der Waals surface area contributed by atoms with Crippen LogP contribution in [0.1, 0.15) is 47.0 Å². The first-order chi connectivity index (χ1) is 14.5. The summed E-state index contributed by atoms with van der Waals surface area (Å²) in [7, 11) is 0. The molecule has 2 aliphatic rings.